The number of amides is 2. The summed E-state index contributed by atoms with van der Waals surface area (Å²) in [5, 5.41) is 13.5. The zero-order valence-electron chi connectivity index (χ0n) is 12.0. The van der Waals surface area contributed by atoms with Crippen molar-refractivity contribution in [3.05, 3.63) is 29.6 Å². The monoisotopic (exact) mass is 304 g/mol. The minimum Gasteiger partial charge on any atom is -0.396 e. The number of benzene rings is 1. The Hall–Kier alpha value is -1.76. The molecule has 118 valence electrons. The van der Waals surface area contributed by atoms with E-state index in [1.54, 1.807) is 0 Å². The van der Waals surface area contributed by atoms with Crippen LogP contribution in [0.15, 0.2) is 12.1 Å². The average molecular weight is 304 g/mol. The topological polar surface area (TPSA) is 61.4 Å². The van der Waals surface area contributed by atoms with E-state index in [1.807, 2.05) is 19.2 Å². The molecule has 0 spiro atoms. The zero-order chi connectivity index (χ0) is 16.0. The molecule has 0 aromatic heterocycles. The SMILES string of the molecule is CC(C)(CO)CCCNC(=O)Nc1c(F)cc(F)cc1F. The minimum absolute atomic E-state index is 0.0329. The standard InChI is InChI=1S/C14H19F3N2O2/c1-14(2,8-20)4-3-5-18-13(21)19-12-10(16)6-9(15)7-11(12)17/h6-7,20H,3-5,8H2,1-2H3,(H2,18,19,21). The molecule has 1 aromatic carbocycles. The summed E-state index contributed by atoms with van der Waals surface area (Å²) < 4.78 is 39.3. The van der Waals surface area contributed by atoms with Gasteiger partial charge in [0.05, 0.1) is 0 Å². The largest absolute Gasteiger partial charge is 0.396 e. The lowest BCUT2D eigenvalue weighted by Crippen LogP contribution is -2.31. The molecule has 0 aliphatic rings. The first-order valence-corrected chi connectivity index (χ1v) is 6.55. The first-order valence-electron chi connectivity index (χ1n) is 6.55. The summed E-state index contributed by atoms with van der Waals surface area (Å²) in [6.45, 7) is 4.09. The van der Waals surface area contributed by atoms with Gasteiger partial charge in [-0.3, -0.25) is 0 Å². The normalized spacial score (nSPS) is 11.3. The number of anilines is 1. The van der Waals surface area contributed by atoms with Crippen LogP contribution in [-0.2, 0) is 0 Å². The van der Waals surface area contributed by atoms with Crippen molar-refractivity contribution in [3.63, 3.8) is 0 Å². The molecule has 0 radical (unpaired) electrons. The van der Waals surface area contributed by atoms with Crippen LogP contribution in [0.1, 0.15) is 26.7 Å². The minimum atomic E-state index is -1.18. The second kappa shape index (κ2) is 7.31. The number of halogens is 3. The van der Waals surface area contributed by atoms with Crippen molar-refractivity contribution >= 4 is 11.7 Å². The maximum atomic E-state index is 13.3. The molecule has 21 heavy (non-hydrogen) atoms. The smallest absolute Gasteiger partial charge is 0.319 e. The van der Waals surface area contributed by atoms with Crippen molar-refractivity contribution in [2.45, 2.75) is 26.7 Å². The second-order valence-corrected chi connectivity index (χ2v) is 5.55. The average Bonchev–Trinajstić information content (AvgIpc) is 2.39. The van der Waals surface area contributed by atoms with E-state index >= 15 is 0 Å². The van der Waals surface area contributed by atoms with Crippen LogP contribution in [0.25, 0.3) is 0 Å². The molecular formula is C14H19F3N2O2. The Kier molecular flexibility index (Phi) is 6.02. The molecule has 0 saturated heterocycles. The molecule has 7 heteroatoms. The molecule has 0 bridgehead atoms. The van der Waals surface area contributed by atoms with Gasteiger partial charge in [-0.25, -0.2) is 18.0 Å². The van der Waals surface area contributed by atoms with Gasteiger partial charge in [0.15, 0.2) is 11.6 Å². The van der Waals surface area contributed by atoms with Crippen LogP contribution in [0.5, 0.6) is 0 Å². The van der Waals surface area contributed by atoms with Crippen molar-refractivity contribution in [2.75, 3.05) is 18.5 Å². The summed E-state index contributed by atoms with van der Waals surface area (Å²) in [6, 6.07) is 0.200. The van der Waals surface area contributed by atoms with E-state index in [0.717, 1.165) is 0 Å². The molecule has 0 atom stereocenters. The van der Waals surface area contributed by atoms with Crippen molar-refractivity contribution < 1.29 is 23.1 Å². The lowest BCUT2D eigenvalue weighted by molar-refractivity contribution is 0.148. The van der Waals surface area contributed by atoms with Crippen LogP contribution in [0.2, 0.25) is 0 Å². The van der Waals surface area contributed by atoms with Crippen molar-refractivity contribution in [3.8, 4) is 0 Å². The third kappa shape index (κ3) is 5.63. The Morgan fingerprint density at radius 2 is 1.81 bits per heavy atom. The molecule has 0 fully saturated rings. The van der Waals surface area contributed by atoms with Crippen LogP contribution in [-0.4, -0.2) is 24.3 Å². The number of aliphatic hydroxyl groups is 1. The third-order valence-electron chi connectivity index (χ3n) is 2.99. The van der Waals surface area contributed by atoms with Gasteiger partial charge in [-0.2, -0.15) is 0 Å². The Morgan fingerprint density at radius 1 is 1.24 bits per heavy atom. The molecular weight excluding hydrogens is 285 g/mol. The van der Waals surface area contributed by atoms with Gasteiger partial charge in [0.2, 0.25) is 0 Å². The molecule has 0 unspecified atom stereocenters. The van der Waals surface area contributed by atoms with Gasteiger partial charge in [0.25, 0.3) is 0 Å². The first kappa shape index (κ1) is 17.3. The predicted molar refractivity (Wildman–Crippen MR) is 73.4 cm³/mol. The quantitative estimate of drug-likeness (QED) is 0.707. The molecule has 0 heterocycles. The number of urea groups is 1. The van der Waals surface area contributed by atoms with Crippen molar-refractivity contribution in [1.29, 1.82) is 0 Å². The Labute approximate surface area is 121 Å². The summed E-state index contributed by atoms with van der Waals surface area (Å²) in [4.78, 5) is 11.5. The molecule has 3 N–H and O–H groups in total. The third-order valence-corrected chi connectivity index (χ3v) is 2.99. The van der Waals surface area contributed by atoms with Crippen LogP contribution in [0.3, 0.4) is 0 Å². The Morgan fingerprint density at radius 3 is 2.33 bits per heavy atom. The number of nitrogens with one attached hydrogen (secondary N) is 2. The van der Waals surface area contributed by atoms with Crippen LogP contribution < -0.4 is 10.6 Å². The van der Waals surface area contributed by atoms with Gasteiger partial charge in [-0.1, -0.05) is 13.8 Å². The first-order chi connectivity index (χ1) is 9.75. The predicted octanol–water partition coefficient (Wildman–Crippen LogP) is 3.02. The molecule has 0 aliphatic heterocycles. The number of hydrogen-bond donors (Lipinski definition) is 3. The van der Waals surface area contributed by atoms with E-state index in [0.29, 0.717) is 31.5 Å². The summed E-state index contributed by atoms with van der Waals surface area (Å²) in [5.41, 5.74) is -0.933. The highest BCUT2D eigenvalue weighted by molar-refractivity contribution is 5.89. The Bertz CT molecular complexity index is 484. The number of aliphatic hydroxyl groups excluding tert-OH is 1. The van der Waals surface area contributed by atoms with Gasteiger partial charge in [0, 0.05) is 25.3 Å². The summed E-state index contributed by atoms with van der Waals surface area (Å²) in [5.74, 6) is -3.41. The van der Waals surface area contributed by atoms with E-state index in [-0.39, 0.29) is 12.0 Å². The fourth-order valence-corrected chi connectivity index (χ4v) is 1.67. The van der Waals surface area contributed by atoms with Gasteiger partial charge in [-0.05, 0) is 18.3 Å². The van der Waals surface area contributed by atoms with E-state index in [2.05, 4.69) is 5.32 Å². The van der Waals surface area contributed by atoms with Gasteiger partial charge in [0.1, 0.15) is 11.5 Å². The maximum absolute atomic E-state index is 13.3. The number of carbonyl (C=O) groups is 1. The summed E-state index contributed by atoms with van der Waals surface area (Å²) in [6.07, 6.45) is 1.29. The van der Waals surface area contributed by atoms with E-state index < -0.39 is 29.2 Å². The van der Waals surface area contributed by atoms with Gasteiger partial charge < -0.3 is 15.7 Å². The van der Waals surface area contributed by atoms with Crippen molar-refractivity contribution in [2.24, 2.45) is 5.41 Å². The molecule has 0 saturated carbocycles. The highest BCUT2D eigenvalue weighted by Crippen LogP contribution is 2.21. The zero-order valence-corrected chi connectivity index (χ0v) is 12.0. The van der Waals surface area contributed by atoms with E-state index in [9.17, 15) is 18.0 Å². The van der Waals surface area contributed by atoms with Crippen molar-refractivity contribution in [1.82, 2.24) is 5.32 Å². The summed E-state index contributed by atoms with van der Waals surface area (Å²) >= 11 is 0. The van der Waals surface area contributed by atoms with Gasteiger partial charge in [-0.15, -0.1) is 0 Å². The fourth-order valence-electron chi connectivity index (χ4n) is 1.67. The maximum Gasteiger partial charge on any atom is 0.319 e. The Balaban J connectivity index is 2.45. The van der Waals surface area contributed by atoms with E-state index in [4.69, 9.17) is 5.11 Å². The number of hydrogen-bond acceptors (Lipinski definition) is 2. The molecule has 4 nitrogen and oxygen atoms in total. The second-order valence-electron chi connectivity index (χ2n) is 5.55. The molecule has 2 amide bonds. The van der Waals surface area contributed by atoms with Crippen LogP contribution in [0.4, 0.5) is 23.7 Å². The highest BCUT2D eigenvalue weighted by Gasteiger charge is 2.16. The summed E-state index contributed by atoms with van der Waals surface area (Å²) in [7, 11) is 0. The molecule has 1 rings (SSSR count). The molecule has 1 aromatic rings. The van der Waals surface area contributed by atoms with E-state index in [1.165, 1.54) is 0 Å². The number of carbonyl (C=O) groups excluding carboxylic acids is 1. The van der Waals surface area contributed by atoms with Gasteiger partial charge >= 0.3 is 6.03 Å². The lowest BCUT2D eigenvalue weighted by atomic mass is 9.89. The molecule has 0 aliphatic carbocycles. The van der Waals surface area contributed by atoms with Crippen LogP contribution in [0, 0.1) is 22.9 Å². The van der Waals surface area contributed by atoms with Crippen LogP contribution >= 0.6 is 0 Å². The highest BCUT2D eigenvalue weighted by atomic mass is 19.1. The fraction of sp³-hybridized carbons (Fsp3) is 0.500. The lowest BCUT2D eigenvalue weighted by Gasteiger charge is -2.21. The number of rotatable bonds is 6.